The molecule has 0 aliphatic heterocycles. The number of rotatable bonds is 5. The fraction of sp³-hybridized carbons (Fsp3) is 0.600. The van der Waals surface area contributed by atoms with E-state index in [0.717, 1.165) is 31.0 Å². The summed E-state index contributed by atoms with van der Waals surface area (Å²) < 4.78 is 0. The molecule has 0 aromatic carbocycles. The predicted molar refractivity (Wildman–Crippen MR) is 58.2 cm³/mol. The van der Waals surface area contributed by atoms with Crippen LogP contribution in [0.25, 0.3) is 0 Å². The largest absolute Gasteiger partial charge is 0.369 e. The molecule has 0 unspecified atom stereocenters. The van der Waals surface area contributed by atoms with Gasteiger partial charge < -0.3 is 10.2 Å². The standard InChI is InChI=1S/C10H18N4/c1-4-5-11-10-7-12-9(6-13-10)8-14(2)3/h6-7H,4-5,8H2,1-3H3,(H,11,13). The van der Waals surface area contributed by atoms with E-state index in [0.29, 0.717) is 0 Å². The Kier molecular flexibility index (Phi) is 4.32. The van der Waals surface area contributed by atoms with E-state index in [2.05, 4.69) is 27.1 Å². The molecule has 0 aliphatic rings. The van der Waals surface area contributed by atoms with Gasteiger partial charge in [-0.15, -0.1) is 0 Å². The smallest absolute Gasteiger partial charge is 0.144 e. The van der Waals surface area contributed by atoms with Crippen molar-refractivity contribution in [1.29, 1.82) is 0 Å². The normalized spacial score (nSPS) is 10.6. The fourth-order valence-electron chi connectivity index (χ4n) is 1.10. The number of aromatic nitrogens is 2. The molecular weight excluding hydrogens is 176 g/mol. The Morgan fingerprint density at radius 1 is 1.29 bits per heavy atom. The Morgan fingerprint density at radius 3 is 2.57 bits per heavy atom. The van der Waals surface area contributed by atoms with Crippen molar-refractivity contribution in [3.05, 3.63) is 18.1 Å². The molecule has 1 aromatic rings. The van der Waals surface area contributed by atoms with Gasteiger partial charge in [-0.1, -0.05) is 6.92 Å². The minimum atomic E-state index is 0.834. The summed E-state index contributed by atoms with van der Waals surface area (Å²) in [4.78, 5) is 10.6. The molecule has 1 aromatic heterocycles. The highest BCUT2D eigenvalue weighted by Gasteiger charge is 1.97. The van der Waals surface area contributed by atoms with E-state index in [1.54, 1.807) is 6.20 Å². The summed E-state index contributed by atoms with van der Waals surface area (Å²) in [6.07, 6.45) is 4.70. The monoisotopic (exact) mass is 194 g/mol. The predicted octanol–water partition coefficient (Wildman–Crippen LogP) is 1.36. The van der Waals surface area contributed by atoms with E-state index in [4.69, 9.17) is 0 Å². The summed E-state index contributed by atoms with van der Waals surface area (Å²) >= 11 is 0. The summed E-state index contributed by atoms with van der Waals surface area (Å²) in [5.41, 5.74) is 0.997. The van der Waals surface area contributed by atoms with Crippen molar-refractivity contribution >= 4 is 5.82 Å². The lowest BCUT2D eigenvalue weighted by atomic mass is 10.4. The maximum absolute atomic E-state index is 4.31. The van der Waals surface area contributed by atoms with E-state index >= 15 is 0 Å². The highest BCUT2D eigenvalue weighted by atomic mass is 15.1. The van der Waals surface area contributed by atoms with Gasteiger partial charge in [-0.05, 0) is 20.5 Å². The molecule has 0 saturated carbocycles. The second-order valence-corrected chi connectivity index (χ2v) is 3.56. The first-order chi connectivity index (χ1) is 6.72. The van der Waals surface area contributed by atoms with E-state index in [9.17, 15) is 0 Å². The Bertz CT molecular complexity index is 255. The second kappa shape index (κ2) is 5.54. The Balaban J connectivity index is 2.50. The first kappa shape index (κ1) is 10.9. The van der Waals surface area contributed by atoms with Gasteiger partial charge in [-0.25, -0.2) is 4.98 Å². The molecule has 1 rings (SSSR count). The van der Waals surface area contributed by atoms with Crippen molar-refractivity contribution in [3.63, 3.8) is 0 Å². The molecule has 0 atom stereocenters. The first-order valence-electron chi connectivity index (χ1n) is 4.92. The Labute approximate surface area is 85.4 Å². The van der Waals surface area contributed by atoms with Gasteiger partial charge in [0.25, 0.3) is 0 Å². The van der Waals surface area contributed by atoms with Crippen LogP contribution in [0.3, 0.4) is 0 Å². The molecule has 4 heteroatoms. The zero-order chi connectivity index (χ0) is 10.4. The maximum atomic E-state index is 4.31. The quantitative estimate of drug-likeness (QED) is 0.768. The van der Waals surface area contributed by atoms with Crippen LogP contribution in [0.2, 0.25) is 0 Å². The highest BCUT2D eigenvalue weighted by Crippen LogP contribution is 2.02. The van der Waals surface area contributed by atoms with Gasteiger partial charge in [-0.2, -0.15) is 0 Å². The molecule has 4 nitrogen and oxygen atoms in total. The molecule has 0 aliphatic carbocycles. The molecule has 0 bridgehead atoms. The molecule has 0 saturated heterocycles. The summed E-state index contributed by atoms with van der Waals surface area (Å²) in [6, 6.07) is 0. The van der Waals surface area contributed by atoms with Gasteiger partial charge in [0.05, 0.1) is 18.1 Å². The van der Waals surface area contributed by atoms with E-state index in [1.807, 2.05) is 20.3 Å². The molecule has 0 amide bonds. The molecule has 1 N–H and O–H groups in total. The second-order valence-electron chi connectivity index (χ2n) is 3.56. The van der Waals surface area contributed by atoms with Crippen LogP contribution in [-0.4, -0.2) is 35.5 Å². The third-order valence-electron chi connectivity index (χ3n) is 1.74. The average Bonchev–Trinajstić information content (AvgIpc) is 2.16. The number of hydrogen-bond donors (Lipinski definition) is 1. The Hall–Kier alpha value is -1.16. The minimum Gasteiger partial charge on any atom is -0.369 e. The molecular formula is C10H18N4. The lowest BCUT2D eigenvalue weighted by Crippen LogP contribution is -2.12. The van der Waals surface area contributed by atoms with Crippen molar-refractivity contribution in [3.8, 4) is 0 Å². The molecule has 0 radical (unpaired) electrons. The molecule has 0 fully saturated rings. The van der Waals surface area contributed by atoms with Crippen LogP contribution in [0.4, 0.5) is 5.82 Å². The van der Waals surface area contributed by atoms with Crippen molar-refractivity contribution in [2.75, 3.05) is 26.0 Å². The number of nitrogens with one attached hydrogen (secondary N) is 1. The molecule has 14 heavy (non-hydrogen) atoms. The lowest BCUT2D eigenvalue weighted by molar-refractivity contribution is 0.396. The van der Waals surface area contributed by atoms with E-state index < -0.39 is 0 Å². The summed E-state index contributed by atoms with van der Waals surface area (Å²) in [7, 11) is 4.04. The topological polar surface area (TPSA) is 41.1 Å². The van der Waals surface area contributed by atoms with Crippen LogP contribution in [0.1, 0.15) is 19.0 Å². The summed E-state index contributed by atoms with van der Waals surface area (Å²) in [6.45, 7) is 3.91. The molecule has 78 valence electrons. The van der Waals surface area contributed by atoms with Crippen LogP contribution in [-0.2, 0) is 6.54 Å². The van der Waals surface area contributed by atoms with Gasteiger partial charge in [0.15, 0.2) is 0 Å². The number of hydrogen-bond acceptors (Lipinski definition) is 4. The third-order valence-corrected chi connectivity index (χ3v) is 1.74. The summed E-state index contributed by atoms with van der Waals surface area (Å²) in [5.74, 6) is 0.856. The first-order valence-corrected chi connectivity index (χ1v) is 4.92. The fourth-order valence-corrected chi connectivity index (χ4v) is 1.10. The zero-order valence-corrected chi connectivity index (χ0v) is 9.12. The zero-order valence-electron chi connectivity index (χ0n) is 9.12. The maximum Gasteiger partial charge on any atom is 0.144 e. The van der Waals surface area contributed by atoms with Gasteiger partial charge >= 0.3 is 0 Å². The van der Waals surface area contributed by atoms with Crippen molar-refractivity contribution in [1.82, 2.24) is 14.9 Å². The SMILES string of the molecule is CCCNc1cnc(CN(C)C)cn1. The minimum absolute atomic E-state index is 0.834. The van der Waals surface area contributed by atoms with Crippen LogP contribution in [0.5, 0.6) is 0 Å². The highest BCUT2D eigenvalue weighted by molar-refractivity contribution is 5.30. The van der Waals surface area contributed by atoms with Crippen LogP contribution in [0.15, 0.2) is 12.4 Å². The van der Waals surface area contributed by atoms with Crippen molar-refractivity contribution in [2.24, 2.45) is 0 Å². The van der Waals surface area contributed by atoms with Crippen molar-refractivity contribution in [2.45, 2.75) is 19.9 Å². The number of anilines is 1. The third kappa shape index (κ3) is 3.70. The van der Waals surface area contributed by atoms with E-state index in [1.165, 1.54) is 0 Å². The van der Waals surface area contributed by atoms with Gasteiger partial charge in [0.2, 0.25) is 0 Å². The van der Waals surface area contributed by atoms with Gasteiger partial charge in [-0.3, -0.25) is 4.98 Å². The van der Waals surface area contributed by atoms with Crippen molar-refractivity contribution < 1.29 is 0 Å². The van der Waals surface area contributed by atoms with E-state index in [-0.39, 0.29) is 0 Å². The van der Waals surface area contributed by atoms with Gasteiger partial charge in [0.1, 0.15) is 5.82 Å². The molecule has 1 heterocycles. The lowest BCUT2D eigenvalue weighted by Gasteiger charge is -2.08. The van der Waals surface area contributed by atoms with Crippen LogP contribution in [0, 0.1) is 0 Å². The van der Waals surface area contributed by atoms with Crippen LogP contribution < -0.4 is 5.32 Å². The average molecular weight is 194 g/mol. The Morgan fingerprint density at radius 2 is 2.07 bits per heavy atom. The van der Waals surface area contributed by atoms with Gasteiger partial charge in [0, 0.05) is 13.1 Å². The number of nitrogens with zero attached hydrogens (tertiary/aromatic N) is 3. The molecule has 0 spiro atoms. The summed E-state index contributed by atoms with van der Waals surface area (Å²) in [5, 5.41) is 3.19. The van der Waals surface area contributed by atoms with Crippen LogP contribution >= 0.6 is 0 Å².